The number of hydrogen-bond donors (Lipinski definition) is 0. The number of nitrogens with zero attached hydrogens (tertiary/aromatic N) is 1. The number of halogens is 1. The third-order valence-electron chi connectivity index (χ3n) is 5.17. The molecule has 0 aliphatic heterocycles. The number of unbranched alkanes of at least 4 members (excludes halogenated alkanes) is 3. The van der Waals surface area contributed by atoms with Crippen LogP contribution in [0, 0.1) is 5.82 Å². The molecule has 0 radical (unpaired) electrons. The van der Waals surface area contributed by atoms with Crippen molar-refractivity contribution >= 4 is 5.97 Å². The second-order valence-electron chi connectivity index (χ2n) is 7.45. The van der Waals surface area contributed by atoms with Gasteiger partial charge in [-0.25, -0.2) is 9.18 Å². The molecule has 3 aromatic rings. The van der Waals surface area contributed by atoms with E-state index in [9.17, 15) is 9.18 Å². The lowest BCUT2D eigenvalue weighted by atomic mass is 10.1. The minimum absolute atomic E-state index is 0.0433. The molecule has 1 aromatic heterocycles. The van der Waals surface area contributed by atoms with Gasteiger partial charge in [0.05, 0.1) is 11.3 Å². The predicted molar refractivity (Wildman–Crippen MR) is 118 cm³/mol. The highest BCUT2D eigenvalue weighted by Crippen LogP contribution is 2.22. The van der Waals surface area contributed by atoms with Crippen molar-refractivity contribution in [1.29, 1.82) is 0 Å². The van der Waals surface area contributed by atoms with E-state index >= 15 is 0 Å². The summed E-state index contributed by atoms with van der Waals surface area (Å²) in [6.07, 6.45) is 8.17. The Kier molecular flexibility index (Phi) is 7.72. The SMILES string of the molecule is CCCCCCc1ccc(OC(=O)c2ccc(-c3ccc(CC)cn3)cc2)c(F)c1. The quantitative estimate of drug-likeness (QED) is 0.223. The average molecular weight is 406 g/mol. The van der Waals surface area contributed by atoms with Crippen molar-refractivity contribution in [3.05, 3.63) is 83.3 Å². The maximum Gasteiger partial charge on any atom is 0.343 e. The molecular weight excluding hydrogens is 377 g/mol. The fraction of sp³-hybridized carbons (Fsp3) is 0.308. The summed E-state index contributed by atoms with van der Waals surface area (Å²) in [5.41, 5.74) is 4.22. The predicted octanol–water partition coefficient (Wildman–Crippen LogP) is 6.79. The molecular formula is C26H28FNO2. The molecule has 0 unspecified atom stereocenters. The zero-order valence-corrected chi connectivity index (χ0v) is 17.7. The number of esters is 1. The Bertz CT molecular complexity index is 965. The van der Waals surface area contributed by atoms with Crippen molar-refractivity contribution in [3.63, 3.8) is 0 Å². The minimum Gasteiger partial charge on any atom is -0.420 e. The minimum atomic E-state index is -0.578. The molecule has 2 aromatic carbocycles. The molecule has 0 aliphatic carbocycles. The van der Waals surface area contributed by atoms with Crippen LogP contribution in [0.4, 0.5) is 4.39 Å². The zero-order valence-electron chi connectivity index (χ0n) is 17.7. The first-order chi connectivity index (χ1) is 14.6. The fourth-order valence-corrected chi connectivity index (χ4v) is 3.28. The van der Waals surface area contributed by atoms with Gasteiger partial charge in [-0.1, -0.05) is 57.4 Å². The van der Waals surface area contributed by atoms with Gasteiger partial charge >= 0.3 is 5.97 Å². The number of hydrogen-bond acceptors (Lipinski definition) is 3. The van der Waals surface area contributed by atoms with Gasteiger partial charge < -0.3 is 4.74 Å². The lowest BCUT2D eigenvalue weighted by Gasteiger charge is -2.08. The standard InChI is InChI=1S/C26H28FNO2/c1-3-5-6-7-8-20-10-16-25(23(27)17-20)30-26(29)22-13-11-21(12-14-22)24-15-9-19(4-2)18-28-24/h9-18H,3-8H2,1-2H3. The molecule has 0 N–H and O–H groups in total. The maximum absolute atomic E-state index is 14.4. The van der Waals surface area contributed by atoms with Crippen molar-refractivity contribution in [2.24, 2.45) is 0 Å². The van der Waals surface area contributed by atoms with Crippen LogP contribution in [0.1, 0.15) is 61.0 Å². The molecule has 0 bridgehead atoms. The summed E-state index contributed by atoms with van der Waals surface area (Å²) in [6, 6.07) is 15.8. The normalized spacial score (nSPS) is 10.8. The number of aromatic nitrogens is 1. The molecule has 3 rings (SSSR count). The summed E-state index contributed by atoms with van der Waals surface area (Å²) in [6.45, 7) is 4.25. The summed E-state index contributed by atoms with van der Waals surface area (Å²) >= 11 is 0. The molecule has 1 heterocycles. The summed E-state index contributed by atoms with van der Waals surface area (Å²) in [7, 11) is 0. The molecule has 4 heteroatoms. The van der Waals surface area contributed by atoms with Crippen LogP contribution in [-0.2, 0) is 12.8 Å². The van der Waals surface area contributed by atoms with Crippen LogP contribution < -0.4 is 4.74 Å². The number of carbonyl (C=O) groups is 1. The van der Waals surface area contributed by atoms with E-state index < -0.39 is 11.8 Å². The lowest BCUT2D eigenvalue weighted by Crippen LogP contribution is -2.09. The van der Waals surface area contributed by atoms with E-state index in [0.29, 0.717) is 5.56 Å². The zero-order chi connectivity index (χ0) is 21.3. The molecule has 0 saturated carbocycles. The summed E-state index contributed by atoms with van der Waals surface area (Å²) in [5, 5.41) is 0. The molecule has 3 nitrogen and oxygen atoms in total. The molecule has 0 aliphatic rings. The second-order valence-corrected chi connectivity index (χ2v) is 7.45. The Morgan fingerprint density at radius 2 is 1.70 bits per heavy atom. The van der Waals surface area contributed by atoms with Crippen LogP contribution in [0.3, 0.4) is 0 Å². The monoisotopic (exact) mass is 405 g/mol. The van der Waals surface area contributed by atoms with E-state index in [1.54, 1.807) is 12.1 Å². The van der Waals surface area contributed by atoms with Gasteiger partial charge in [-0.2, -0.15) is 0 Å². The lowest BCUT2D eigenvalue weighted by molar-refractivity contribution is 0.0728. The van der Waals surface area contributed by atoms with Crippen molar-refractivity contribution < 1.29 is 13.9 Å². The third kappa shape index (κ3) is 5.76. The number of rotatable bonds is 9. The van der Waals surface area contributed by atoms with E-state index in [-0.39, 0.29) is 5.75 Å². The van der Waals surface area contributed by atoms with Crippen LogP contribution in [-0.4, -0.2) is 11.0 Å². The Labute approximate surface area is 177 Å². The Morgan fingerprint density at radius 1 is 0.933 bits per heavy atom. The van der Waals surface area contributed by atoms with E-state index in [1.807, 2.05) is 36.5 Å². The average Bonchev–Trinajstić information content (AvgIpc) is 2.78. The molecule has 30 heavy (non-hydrogen) atoms. The number of ether oxygens (including phenoxy) is 1. The first-order valence-electron chi connectivity index (χ1n) is 10.7. The highest BCUT2D eigenvalue weighted by atomic mass is 19.1. The van der Waals surface area contributed by atoms with Crippen LogP contribution in [0.5, 0.6) is 5.75 Å². The summed E-state index contributed by atoms with van der Waals surface area (Å²) < 4.78 is 19.6. The molecule has 0 fully saturated rings. The number of benzene rings is 2. The van der Waals surface area contributed by atoms with Crippen molar-refractivity contribution in [2.75, 3.05) is 0 Å². The number of pyridine rings is 1. The maximum atomic E-state index is 14.4. The van der Waals surface area contributed by atoms with Crippen LogP contribution in [0.25, 0.3) is 11.3 Å². The van der Waals surface area contributed by atoms with Crippen molar-refractivity contribution in [1.82, 2.24) is 4.98 Å². The Balaban J connectivity index is 1.62. The largest absolute Gasteiger partial charge is 0.420 e. The van der Waals surface area contributed by atoms with Crippen molar-refractivity contribution in [3.8, 4) is 17.0 Å². The molecule has 0 atom stereocenters. The Morgan fingerprint density at radius 3 is 2.33 bits per heavy atom. The van der Waals surface area contributed by atoms with Gasteiger partial charge in [-0.15, -0.1) is 0 Å². The number of aryl methyl sites for hydroxylation is 2. The van der Waals surface area contributed by atoms with E-state index in [1.165, 1.54) is 30.5 Å². The van der Waals surface area contributed by atoms with Gasteiger partial charge in [0.25, 0.3) is 0 Å². The van der Waals surface area contributed by atoms with Crippen molar-refractivity contribution in [2.45, 2.75) is 52.4 Å². The van der Waals surface area contributed by atoms with Gasteiger partial charge in [-0.3, -0.25) is 4.98 Å². The highest BCUT2D eigenvalue weighted by molar-refractivity contribution is 5.91. The van der Waals surface area contributed by atoms with Gasteiger partial charge in [0.2, 0.25) is 0 Å². The molecule has 0 amide bonds. The summed E-state index contributed by atoms with van der Waals surface area (Å²) in [4.78, 5) is 16.9. The highest BCUT2D eigenvalue weighted by Gasteiger charge is 2.13. The van der Waals surface area contributed by atoms with Crippen LogP contribution in [0.15, 0.2) is 60.8 Å². The third-order valence-corrected chi connectivity index (χ3v) is 5.17. The van der Waals surface area contributed by atoms with Gasteiger partial charge in [0.1, 0.15) is 0 Å². The molecule has 0 spiro atoms. The first kappa shape index (κ1) is 21.7. The number of carbonyl (C=O) groups excluding carboxylic acids is 1. The van der Waals surface area contributed by atoms with Crippen LogP contribution in [0.2, 0.25) is 0 Å². The Hall–Kier alpha value is -3.01. The van der Waals surface area contributed by atoms with Gasteiger partial charge in [0, 0.05) is 11.8 Å². The van der Waals surface area contributed by atoms with E-state index in [2.05, 4.69) is 18.8 Å². The summed E-state index contributed by atoms with van der Waals surface area (Å²) in [5.74, 6) is -1.13. The van der Waals surface area contributed by atoms with E-state index in [0.717, 1.165) is 42.5 Å². The first-order valence-corrected chi connectivity index (χ1v) is 10.7. The van der Waals surface area contributed by atoms with E-state index in [4.69, 9.17) is 4.74 Å². The van der Waals surface area contributed by atoms with Gasteiger partial charge in [0.15, 0.2) is 11.6 Å². The van der Waals surface area contributed by atoms with Gasteiger partial charge in [-0.05, 0) is 60.7 Å². The smallest absolute Gasteiger partial charge is 0.343 e. The topological polar surface area (TPSA) is 39.2 Å². The second kappa shape index (κ2) is 10.7. The van der Waals surface area contributed by atoms with Crippen LogP contribution >= 0.6 is 0 Å². The molecule has 0 saturated heterocycles. The fourth-order valence-electron chi connectivity index (χ4n) is 3.28. The molecule has 156 valence electrons.